The average Bonchev–Trinajstić information content (AvgIpc) is 2.59. The predicted molar refractivity (Wildman–Crippen MR) is 90.2 cm³/mol. The van der Waals surface area contributed by atoms with E-state index in [1.165, 1.54) is 0 Å². The molecule has 0 aliphatic carbocycles. The molecular weight excluding hydrogens is 294 g/mol. The Hall–Kier alpha value is -2.60. The first-order chi connectivity index (χ1) is 11.2. The second kappa shape index (κ2) is 8.75. The number of anilines is 2. The van der Waals surface area contributed by atoms with E-state index in [1.54, 1.807) is 38.6 Å². The van der Waals surface area contributed by atoms with E-state index in [-0.39, 0.29) is 5.91 Å². The molecule has 2 rings (SSSR count). The normalized spacial score (nSPS) is 10.2. The van der Waals surface area contributed by atoms with Crippen molar-refractivity contribution in [3.8, 4) is 5.75 Å². The quantitative estimate of drug-likeness (QED) is 0.733. The monoisotopic (exact) mass is 315 g/mol. The smallest absolute Gasteiger partial charge is 0.274 e. The van der Waals surface area contributed by atoms with Gasteiger partial charge in [0.25, 0.3) is 5.91 Å². The van der Waals surface area contributed by atoms with Crippen molar-refractivity contribution in [1.29, 1.82) is 0 Å². The third kappa shape index (κ3) is 5.27. The van der Waals surface area contributed by atoms with Crippen LogP contribution in [0.4, 0.5) is 11.4 Å². The third-order valence-corrected chi connectivity index (χ3v) is 3.17. The summed E-state index contributed by atoms with van der Waals surface area (Å²) in [5.41, 5.74) is 1.87. The fourth-order valence-corrected chi connectivity index (χ4v) is 2.01. The molecule has 0 saturated carbocycles. The number of methoxy groups -OCH3 is 2. The van der Waals surface area contributed by atoms with Crippen molar-refractivity contribution in [2.24, 2.45) is 0 Å². The zero-order valence-corrected chi connectivity index (χ0v) is 13.3. The molecule has 0 radical (unpaired) electrons. The molecule has 6 heteroatoms. The van der Waals surface area contributed by atoms with Crippen LogP contribution in [0, 0.1) is 0 Å². The van der Waals surface area contributed by atoms with Crippen LogP contribution in [0.1, 0.15) is 16.9 Å². The maximum Gasteiger partial charge on any atom is 0.274 e. The number of pyridine rings is 1. The van der Waals surface area contributed by atoms with E-state index < -0.39 is 0 Å². The summed E-state index contributed by atoms with van der Waals surface area (Å²) in [7, 11) is 3.26. The van der Waals surface area contributed by atoms with Crippen LogP contribution < -0.4 is 15.4 Å². The van der Waals surface area contributed by atoms with E-state index in [0.717, 1.165) is 18.7 Å². The number of nitrogens with zero attached hydrogens (tertiary/aromatic N) is 1. The highest BCUT2D eigenvalue weighted by Gasteiger charge is 2.09. The zero-order chi connectivity index (χ0) is 16.5. The lowest BCUT2D eigenvalue weighted by Gasteiger charge is -2.09. The summed E-state index contributed by atoms with van der Waals surface area (Å²) >= 11 is 0. The SMILES string of the molecule is COCCCNc1ccnc(C(=O)Nc2cccc(OC)c2)c1. The number of carbonyl (C=O) groups is 1. The van der Waals surface area contributed by atoms with Crippen molar-refractivity contribution in [2.45, 2.75) is 6.42 Å². The Morgan fingerprint density at radius 3 is 2.83 bits per heavy atom. The third-order valence-electron chi connectivity index (χ3n) is 3.17. The number of benzene rings is 1. The minimum atomic E-state index is -0.265. The van der Waals surface area contributed by atoms with Crippen molar-refractivity contribution in [1.82, 2.24) is 4.98 Å². The lowest BCUT2D eigenvalue weighted by molar-refractivity contribution is 0.102. The van der Waals surface area contributed by atoms with Crippen molar-refractivity contribution in [3.05, 3.63) is 48.3 Å². The molecule has 0 unspecified atom stereocenters. The van der Waals surface area contributed by atoms with Gasteiger partial charge in [-0.1, -0.05) is 6.07 Å². The number of hydrogen-bond acceptors (Lipinski definition) is 5. The van der Waals surface area contributed by atoms with Gasteiger partial charge >= 0.3 is 0 Å². The van der Waals surface area contributed by atoms with Gasteiger partial charge in [0.1, 0.15) is 11.4 Å². The molecule has 6 nitrogen and oxygen atoms in total. The van der Waals surface area contributed by atoms with Crippen LogP contribution >= 0.6 is 0 Å². The fraction of sp³-hybridized carbons (Fsp3) is 0.294. The number of amides is 1. The van der Waals surface area contributed by atoms with E-state index in [9.17, 15) is 4.79 Å². The molecule has 2 aromatic rings. The van der Waals surface area contributed by atoms with Gasteiger partial charge in [0.2, 0.25) is 0 Å². The topological polar surface area (TPSA) is 72.5 Å². The second-order valence-corrected chi connectivity index (χ2v) is 4.89. The summed E-state index contributed by atoms with van der Waals surface area (Å²) in [6.07, 6.45) is 2.50. The van der Waals surface area contributed by atoms with Gasteiger partial charge in [-0.2, -0.15) is 0 Å². The summed E-state index contributed by atoms with van der Waals surface area (Å²) in [6.45, 7) is 1.47. The number of hydrogen-bond donors (Lipinski definition) is 2. The first-order valence-corrected chi connectivity index (χ1v) is 7.37. The largest absolute Gasteiger partial charge is 0.497 e. The molecule has 1 amide bonds. The second-order valence-electron chi connectivity index (χ2n) is 4.89. The molecule has 0 aliphatic heterocycles. The van der Waals surface area contributed by atoms with Crippen LogP contribution in [0.5, 0.6) is 5.75 Å². The van der Waals surface area contributed by atoms with Gasteiger partial charge in [-0.15, -0.1) is 0 Å². The lowest BCUT2D eigenvalue weighted by atomic mass is 10.2. The summed E-state index contributed by atoms with van der Waals surface area (Å²) in [5.74, 6) is 0.420. The Morgan fingerprint density at radius 2 is 2.04 bits per heavy atom. The predicted octanol–water partition coefficient (Wildman–Crippen LogP) is 2.79. The molecule has 0 bridgehead atoms. The molecule has 23 heavy (non-hydrogen) atoms. The average molecular weight is 315 g/mol. The Morgan fingerprint density at radius 1 is 1.17 bits per heavy atom. The number of ether oxygens (including phenoxy) is 2. The molecule has 1 aromatic heterocycles. The molecule has 122 valence electrons. The van der Waals surface area contributed by atoms with E-state index in [0.29, 0.717) is 23.7 Å². The van der Waals surface area contributed by atoms with Crippen molar-refractivity contribution in [2.75, 3.05) is 38.0 Å². The van der Waals surface area contributed by atoms with E-state index in [2.05, 4.69) is 15.6 Å². The van der Waals surface area contributed by atoms with Gasteiger partial charge in [0.15, 0.2) is 0 Å². The Bertz CT molecular complexity index is 646. The number of rotatable bonds is 8. The van der Waals surface area contributed by atoms with Crippen LogP contribution in [0.25, 0.3) is 0 Å². The van der Waals surface area contributed by atoms with Gasteiger partial charge in [0, 0.05) is 43.9 Å². The van der Waals surface area contributed by atoms with Gasteiger partial charge in [-0.25, -0.2) is 0 Å². The van der Waals surface area contributed by atoms with Gasteiger partial charge in [0.05, 0.1) is 7.11 Å². The number of nitrogens with one attached hydrogen (secondary N) is 2. The van der Waals surface area contributed by atoms with Crippen molar-refractivity contribution >= 4 is 17.3 Å². The summed E-state index contributed by atoms with van der Waals surface area (Å²) in [4.78, 5) is 16.4. The summed E-state index contributed by atoms with van der Waals surface area (Å²) in [6, 6.07) is 10.7. The van der Waals surface area contributed by atoms with Crippen LogP contribution in [-0.2, 0) is 4.74 Å². The number of aromatic nitrogens is 1. The standard InChI is InChI=1S/C17H21N3O3/c1-22-10-4-8-18-13-7-9-19-16(12-13)17(21)20-14-5-3-6-15(11-14)23-2/h3,5-7,9,11-12H,4,8,10H2,1-2H3,(H,18,19)(H,20,21). The molecule has 0 aliphatic rings. The summed E-state index contributed by atoms with van der Waals surface area (Å²) < 4.78 is 10.1. The summed E-state index contributed by atoms with van der Waals surface area (Å²) in [5, 5.41) is 6.04. The highest BCUT2D eigenvalue weighted by atomic mass is 16.5. The molecule has 0 spiro atoms. The zero-order valence-electron chi connectivity index (χ0n) is 13.3. The van der Waals surface area contributed by atoms with Crippen LogP contribution in [-0.4, -0.2) is 38.3 Å². The van der Waals surface area contributed by atoms with Gasteiger partial charge in [-0.05, 0) is 30.7 Å². The molecular formula is C17H21N3O3. The molecule has 1 aromatic carbocycles. The maximum absolute atomic E-state index is 12.3. The van der Waals surface area contributed by atoms with E-state index >= 15 is 0 Å². The highest BCUT2D eigenvalue weighted by Crippen LogP contribution is 2.17. The van der Waals surface area contributed by atoms with E-state index in [4.69, 9.17) is 9.47 Å². The van der Waals surface area contributed by atoms with Crippen molar-refractivity contribution < 1.29 is 14.3 Å². The molecule has 0 saturated heterocycles. The molecule has 2 N–H and O–H groups in total. The Labute approximate surface area is 135 Å². The molecule has 1 heterocycles. The Balaban J connectivity index is 1.98. The van der Waals surface area contributed by atoms with Gasteiger partial charge in [-0.3, -0.25) is 9.78 Å². The maximum atomic E-state index is 12.3. The van der Waals surface area contributed by atoms with Gasteiger partial charge < -0.3 is 20.1 Å². The Kier molecular flexibility index (Phi) is 6.38. The minimum Gasteiger partial charge on any atom is -0.497 e. The lowest BCUT2D eigenvalue weighted by Crippen LogP contribution is -2.14. The van der Waals surface area contributed by atoms with Crippen LogP contribution in [0.15, 0.2) is 42.6 Å². The first-order valence-electron chi connectivity index (χ1n) is 7.37. The minimum absolute atomic E-state index is 0.265. The van der Waals surface area contributed by atoms with Crippen LogP contribution in [0.2, 0.25) is 0 Å². The first kappa shape index (κ1) is 16.8. The van der Waals surface area contributed by atoms with Crippen molar-refractivity contribution in [3.63, 3.8) is 0 Å². The fourth-order valence-electron chi connectivity index (χ4n) is 2.01. The highest BCUT2D eigenvalue weighted by molar-refractivity contribution is 6.03. The number of carbonyl (C=O) groups excluding carboxylic acids is 1. The van der Waals surface area contributed by atoms with Crippen LogP contribution in [0.3, 0.4) is 0 Å². The molecule has 0 fully saturated rings. The van der Waals surface area contributed by atoms with E-state index in [1.807, 2.05) is 18.2 Å². The molecule has 0 atom stereocenters.